The number of aromatic nitrogens is 5. The fraction of sp³-hybridized carbons (Fsp3) is 0.240. The van der Waals surface area contributed by atoms with Crippen molar-refractivity contribution in [1.29, 1.82) is 0 Å². The Morgan fingerprint density at radius 3 is 2.41 bits per heavy atom. The third-order valence-electron chi connectivity index (χ3n) is 6.20. The largest absolute Gasteiger partial charge is 0.468 e. The first-order valence-corrected chi connectivity index (χ1v) is 12.1. The maximum absolute atomic E-state index is 13.9. The van der Waals surface area contributed by atoms with E-state index in [1.165, 1.54) is 23.9 Å². The molecule has 5 rings (SSSR count). The van der Waals surface area contributed by atoms with Gasteiger partial charge in [-0.1, -0.05) is 35.3 Å². The molecule has 1 unspecified atom stereocenters. The van der Waals surface area contributed by atoms with Gasteiger partial charge in [0.05, 0.1) is 18.5 Å². The number of nitrogens with one attached hydrogen (secondary N) is 1. The first-order valence-electron chi connectivity index (χ1n) is 11.3. The van der Waals surface area contributed by atoms with Gasteiger partial charge in [-0.2, -0.15) is 0 Å². The fourth-order valence-electron chi connectivity index (χ4n) is 4.58. The topological polar surface area (TPSA) is 115 Å². The summed E-state index contributed by atoms with van der Waals surface area (Å²) in [7, 11) is 2.97. The molecule has 1 atom stereocenters. The van der Waals surface area contributed by atoms with Crippen LogP contribution in [-0.2, 0) is 7.05 Å². The highest BCUT2D eigenvalue weighted by Gasteiger charge is 2.45. The molecule has 0 saturated heterocycles. The number of H-pyrrole nitrogens is 1. The van der Waals surface area contributed by atoms with Crippen molar-refractivity contribution in [3.63, 3.8) is 0 Å². The zero-order valence-corrected chi connectivity index (χ0v) is 21.8. The minimum absolute atomic E-state index is 0.0181. The number of nitrogens with zero attached hydrogens (tertiary/aromatic N) is 5. The van der Waals surface area contributed by atoms with Gasteiger partial charge in [0.1, 0.15) is 22.5 Å². The van der Waals surface area contributed by atoms with Crippen molar-refractivity contribution >= 4 is 34.8 Å². The van der Waals surface area contributed by atoms with Crippen molar-refractivity contribution in [2.75, 3.05) is 12.0 Å². The van der Waals surface area contributed by atoms with Crippen LogP contribution in [0.15, 0.2) is 52.3 Å². The number of amides is 1. The third kappa shape index (κ3) is 4.02. The van der Waals surface area contributed by atoms with E-state index in [0.29, 0.717) is 22.2 Å². The molecule has 0 radical (unpaired) electrons. The first-order chi connectivity index (χ1) is 17.6. The number of rotatable bonds is 5. The van der Waals surface area contributed by atoms with Crippen molar-refractivity contribution in [3.8, 4) is 17.4 Å². The van der Waals surface area contributed by atoms with E-state index in [4.69, 9.17) is 27.9 Å². The minimum atomic E-state index is -0.637. The minimum Gasteiger partial charge on any atom is -0.468 e. The van der Waals surface area contributed by atoms with Crippen LogP contribution in [0.25, 0.3) is 11.4 Å². The molecule has 190 valence electrons. The van der Waals surface area contributed by atoms with Crippen molar-refractivity contribution in [2.24, 2.45) is 7.05 Å². The lowest BCUT2D eigenvalue weighted by atomic mass is 10.0. The predicted octanol–water partition coefficient (Wildman–Crippen LogP) is 3.98. The van der Waals surface area contributed by atoms with Gasteiger partial charge >= 0.3 is 0 Å². The average Bonchev–Trinajstić information content (AvgIpc) is 3.37. The smallest absolute Gasteiger partial charge is 0.296 e. The summed E-state index contributed by atoms with van der Waals surface area (Å²) < 4.78 is 8.20. The molecule has 1 aromatic carbocycles. The number of ether oxygens (including phenoxy) is 1. The summed E-state index contributed by atoms with van der Waals surface area (Å²) in [6.45, 7) is 3.87. The summed E-state index contributed by atoms with van der Waals surface area (Å²) in [5.74, 6) is -0.0925. The van der Waals surface area contributed by atoms with Crippen LogP contribution in [0, 0.1) is 0 Å². The fourth-order valence-corrected chi connectivity index (χ4v) is 4.95. The van der Waals surface area contributed by atoms with E-state index in [-0.39, 0.29) is 33.9 Å². The Kier molecular flexibility index (Phi) is 6.17. The van der Waals surface area contributed by atoms with E-state index in [1.807, 2.05) is 30.5 Å². The number of benzene rings is 1. The van der Waals surface area contributed by atoms with Crippen molar-refractivity contribution < 1.29 is 9.53 Å². The summed E-state index contributed by atoms with van der Waals surface area (Å²) in [5, 5.41) is 0.523. The Bertz CT molecular complexity index is 1630. The van der Waals surface area contributed by atoms with E-state index in [2.05, 4.69) is 15.0 Å². The number of hydrogen-bond acceptors (Lipinski definition) is 6. The molecule has 10 nitrogen and oxygen atoms in total. The molecule has 1 aliphatic rings. The van der Waals surface area contributed by atoms with Gasteiger partial charge in [0.2, 0.25) is 0 Å². The van der Waals surface area contributed by atoms with Crippen LogP contribution in [-0.4, -0.2) is 37.1 Å². The summed E-state index contributed by atoms with van der Waals surface area (Å²) >= 11 is 12.4. The summed E-state index contributed by atoms with van der Waals surface area (Å²) in [6, 6.07) is 7.84. The second-order valence-corrected chi connectivity index (χ2v) is 9.70. The summed E-state index contributed by atoms with van der Waals surface area (Å²) in [6.07, 6.45) is 2.93. The number of imidazole rings is 1. The number of aryl methyl sites for hydroxylation is 1. The van der Waals surface area contributed by atoms with E-state index in [9.17, 15) is 14.4 Å². The molecule has 4 heterocycles. The number of pyridine rings is 1. The van der Waals surface area contributed by atoms with Gasteiger partial charge in [0, 0.05) is 30.5 Å². The van der Waals surface area contributed by atoms with Crippen LogP contribution in [0.5, 0.6) is 6.01 Å². The SMILES string of the molecule is COc1ncc(-c2nc3c(n2C(C)C)C(c2ccc(Cl)cc2)N(c2cc(Cl)c(=O)n(C)c2)C3=O)c(=O)[nH]1. The van der Waals surface area contributed by atoms with Gasteiger partial charge in [-0.3, -0.25) is 24.3 Å². The van der Waals surface area contributed by atoms with Gasteiger partial charge in [-0.05, 0) is 37.6 Å². The monoisotopic (exact) mass is 540 g/mol. The molecule has 0 aliphatic carbocycles. The zero-order chi connectivity index (χ0) is 26.6. The molecule has 12 heteroatoms. The van der Waals surface area contributed by atoms with Crippen molar-refractivity contribution in [3.05, 3.63) is 90.4 Å². The normalized spacial score (nSPS) is 14.9. The molecule has 0 fully saturated rings. The lowest BCUT2D eigenvalue weighted by Gasteiger charge is -2.28. The molecule has 1 amide bonds. The molecule has 3 aromatic heterocycles. The Labute approximate surface area is 221 Å². The number of anilines is 1. The molecule has 0 saturated carbocycles. The molecule has 1 N–H and O–H groups in total. The highest BCUT2D eigenvalue weighted by Crippen LogP contribution is 2.44. The zero-order valence-electron chi connectivity index (χ0n) is 20.3. The first kappa shape index (κ1) is 24.8. The number of fused-ring (bicyclic) bond motifs is 1. The van der Waals surface area contributed by atoms with Gasteiger partial charge in [-0.15, -0.1) is 0 Å². The molecular formula is C25H22Cl2N6O4. The van der Waals surface area contributed by atoms with E-state index in [0.717, 1.165) is 5.56 Å². The number of methoxy groups -OCH3 is 1. The average molecular weight is 541 g/mol. The van der Waals surface area contributed by atoms with Crippen molar-refractivity contribution in [2.45, 2.75) is 25.9 Å². The molecule has 37 heavy (non-hydrogen) atoms. The molecule has 1 aliphatic heterocycles. The molecular weight excluding hydrogens is 519 g/mol. The Morgan fingerprint density at radius 2 is 1.81 bits per heavy atom. The van der Waals surface area contributed by atoms with Gasteiger partial charge < -0.3 is 13.9 Å². The lowest BCUT2D eigenvalue weighted by molar-refractivity contribution is 0.0989. The Hall–Kier alpha value is -3.89. The maximum Gasteiger partial charge on any atom is 0.296 e. The van der Waals surface area contributed by atoms with Crippen molar-refractivity contribution in [1.82, 2.24) is 24.1 Å². The maximum atomic E-state index is 13.9. The van der Waals surface area contributed by atoms with Crippen LogP contribution < -0.4 is 20.8 Å². The van der Waals surface area contributed by atoms with Crippen LogP contribution in [0.4, 0.5) is 5.69 Å². The molecule has 4 aromatic rings. The standard InChI is InChI=1S/C25H22Cl2N6O4/c1-12(2)32-20-18(29-21(32)16-10-28-25(37-4)30-22(16)34)24(36)33(15-9-17(27)23(35)31(3)11-15)19(20)13-5-7-14(26)8-6-13/h5-12,19H,1-4H3,(H,28,30,34). The van der Waals surface area contributed by atoms with Crippen LogP contribution in [0.3, 0.4) is 0 Å². The van der Waals surface area contributed by atoms with Crippen LogP contribution in [0.1, 0.15) is 47.7 Å². The Morgan fingerprint density at radius 1 is 1.11 bits per heavy atom. The number of hydrogen-bond donors (Lipinski definition) is 1. The second-order valence-electron chi connectivity index (χ2n) is 8.86. The Balaban J connectivity index is 1.79. The summed E-state index contributed by atoms with van der Waals surface area (Å²) in [4.78, 5) is 52.0. The highest BCUT2D eigenvalue weighted by atomic mass is 35.5. The quantitative estimate of drug-likeness (QED) is 0.409. The summed E-state index contributed by atoms with van der Waals surface area (Å²) in [5.41, 5.74) is 1.34. The second kappa shape index (κ2) is 9.20. The number of aromatic amines is 1. The molecule has 0 bridgehead atoms. The van der Waals surface area contributed by atoms with Gasteiger partial charge in [-0.25, -0.2) is 9.97 Å². The van der Waals surface area contributed by atoms with Gasteiger partial charge in [0.25, 0.3) is 23.0 Å². The highest BCUT2D eigenvalue weighted by molar-refractivity contribution is 6.31. The number of halogens is 2. The van der Waals surface area contributed by atoms with E-state index in [1.54, 1.807) is 30.3 Å². The predicted molar refractivity (Wildman–Crippen MR) is 140 cm³/mol. The molecule has 0 spiro atoms. The van der Waals surface area contributed by atoms with E-state index < -0.39 is 17.5 Å². The van der Waals surface area contributed by atoms with Gasteiger partial charge in [0.15, 0.2) is 5.69 Å². The number of carbonyl (C=O) groups is 1. The third-order valence-corrected chi connectivity index (χ3v) is 6.73. The van der Waals surface area contributed by atoms with E-state index >= 15 is 0 Å². The number of carbonyl (C=O) groups excluding carboxylic acids is 1. The van der Waals surface area contributed by atoms with Crippen LogP contribution in [0.2, 0.25) is 10.0 Å². The van der Waals surface area contributed by atoms with Crippen LogP contribution >= 0.6 is 23.2 Å². The lowest BCUT2D eigenvalue weighted by Crippen LogP contribution is -2.32.